The largest absolute Gasteiger partial charge is 0.326 e. The summed E-state index contributed by atoms with van der Waals surface area (Å²) in [6, 6.07) is 5.89. The van der Waals surface area contributed by atoms with Gasteiger partial charge < -0.3 is 10.6 Å². The predicted octanol–water partition coefficient (Wildman–Crippen LogP) is 3.57. The lowest BCUT2D eigenvalue weighted by molar-refractivity contribution is -0.116. The topological polar surface area (TPSA) is 41.1 Å². The van der Waals surface area contributed by atoms with E-state index < -0.39 is 0 Å². The van der Waals surface area contributed by atoms with Crippen LogP contribution >= 0.6 is 27.5 Å². The molecular formula is C13H16BrClN2O. The lowest BCUT2D eigenvalue weighted by atomic mass is 10.1. The van der Waals surface area contributed by atoms with Gasteiger partial charge in [0, 0.05) is 22.6 Å². The van der Waals surface area contributed by atoms with Crippen LogP contribution in [0.4, 0.5) is 5.69 Å². The van der Waals surface area contributed by atoms with Crippen LogP contribution in [-0.4, -0.2) is 18.5 Å². The van der Waals surface area contributed by atoms with Crippen molar-refractivity contribution in [1.82, 2.24) is 5.32 Å². The normalized spacial score (nSPS) is 18.9. The molecule has 1 unspecified atom stereocenters. The zero-order chi connectivity index (χ0) is 13.0. The minimum Gasteiger partial charge on any atom is -0.326 e. The molecule has 0 radical (unpaired) electrons. The Morgan fingerprint density at radius 3 is 3.06 bits per heavy atom. The van der Waals surface area contributed by atoms with Crippen LogP contribution in [0.1, 0.15) is 25.7 Å². The molecule has 0 bridgehead atoms. The first-order valence-corrected chi connectivity index (χ1v) is 7.30. The van der Waals surface area contributed by atoms with Crippen molar-refractivity contribution in [3.05, 3.63) is 27.7 Å². The first-order valence-electron chi connectivity index (χ1n) is 6.13. The number of nitrogens with one attached hydrogen (secondary N) is 2. The molecule has 0 aliphatic carbocycles. The minimum atomic E-state index is 0.0536. The summed E-state index contributed by atoms with van der Waals surface area (Å²) < 4.78 is 0.791. The average Bonchev–Trinajstić information content (AvgIpc) is 2.84. The van der Waals surface area contributed by atoms with E-state index in [9.17, 15) is 4.79 Å². The molecule has 1 saturated heterocycles. The van der Waals surface area contributed by atoms with Gasteiger partial charge in [-0.3, -0.25) is 4.79 Å². The third-order valence-corrected chi connectivity index (χ3v) is 4.30. The highest BCUT2D eigenvalue weighted by Crippen LogP contribution is 2.25. The van der Waals surface area contributed by atoms with Crippen LogP contribution in [0.25, 0.3) is 0 Å². The molecular weight excluding hydrogens is 316 g/mol. The summed E-state index contributed by atoms with van der Waals surface area (Å²) in [5, 5.41) is 6.91. The van der Waals surface area contributed by atoms with Crippen molar-refractivity contribution in [3.63, 3.8) is 0 Å². The lowest BCUT2D eigenvalue weighted by Gasteiger charge is -2.10. The van der Waals surface area contributed by atoms with E-state index in [0.717, 1.165) is 23.1 Å². The average molecular weight is 332 g/mol. The molecule has 0 saturated carbocycles. The van der Waals surface area contributed by atoms with E-state index in [1.165, 1.54) is 12.8 Å². The summed E-state index contributed by atoms with van der Waals surface area (Å²) in [7, 11) is 0. The Labute approximate surface area is 120 Å². The van der Waals surface area contributed by atoms with E-state index in [4.69, 9.17) is 11.6 Å². The summed E-state index contributed by atoms with van der Waals surface area (Å²) in [6.45, 7) is 1.08. The Hall–Kier alpha value is -0.580. The Morgan fingerprint density at radius 2 is 2.39 bits per heavy atom. The minimum absolute atomic E-state index is 0.0536. The Morgan fingerprint density at radius 1 is 1.56 bits per heavy atom. The van der Waals surface area contributed by atoms with E-state index >= 15 is 0 Å². The molecule has 1 heterocycles. The maximum atomic E-state index is 11.8. The third-order valence-electron chi connectivity index (χ3n) is 3.09. The molecule has 1 aliphatic heterocycles. The maximum Gasteiger partial charge on any atom is 0.224 e. The summed E-state index contributed by atoms with van der Waals surface area (Å²) >= 11 is 9.23. The van der Waals surface area contributed by atoms with Crippen LogP contribution < -0.4 is 10.6 Å². The van der Waals surface area contributed by atoms with Crippen molar-refractivity contribution in [3.8, 4) is 0 Å². The lowest BCUT2D eigenvalue weighted by Crippen LogP contribution is -2.23. The SMILES string of the molecule is O=C(CCC1CCCN1)Nc1ccc(Cl)c(Br)c1. The molecule has 2 N–H and O–H groups in total. The first-order chi connectivity index (χ1) is 8.65. The molecule has 3 nitrogen and oxygen atoms in total. The zero-order valence-electron chi connectivity index (χ0n) is 10.0. The van der Waals surface area contributed by atoms with Crippen molar-refractivity contribution in [2.45, 2.75) is 31.7 Å². The summed E-state index contributed by atoms with van der Waals surface area (Å²) in [5.74, 6) is 0.0536. The third kappa shape index (κ3) is 3.97. The molecule has 0 aromatic heterocycles. The second-order valence-corrected chi connectivity index (χ2v) is 5.77. The van der Waals surface area contributed by atoms with E-state index in [2.05, 4.69) is 26.6 Å². The van der Waals surface area contributed by atoms with Gasteiger partial charge in [0.2, 0.25) is 5.91 Å². The molecule has 1 fully saturated rings. The molecule has 98 valence electrons. The molecule has 5 heteroatoms. The van der Waals surface area contributed by atoms with Gasteiger partial charge in [-0.05, 0) is 59.9 Å². The fourth-order valence-electron chi connectivity index (χ4n) is 2.11. The van der Waals surface area contributed by atoms with Gasteiger partial charge in [-0.25, -0.2) is 0 Å². The van der Waals surface area contributed by atoms with Crippen LogP contribution in [0.5, 0.6) is 0 Å². The molecule has 1 amide bonds. The van der Waals surface area contributed by atoms with E-state index in [1.807, 2.05) is 6.07 Å². The number of rotatable bonds is 4. The number of hydrogen-bond donors (Lipinski definition) is 2. The highest BCUT2D eigenvalue weighted by atomic mass is 79.9. The summed E-state index contributed by atoms with van der Waals surface area (Å²) in [6.07, 6.45) is 3.86. The number of halogens is 2. The Balaban J connectivity index is 1.80. The van der Waals surface area contributed by atoms with Crippen molar-refractivity contribution >= 4 is 39.1 Å². The van der Waals surface area contributed by atoms with Crippen LogP contribution in [0.2, 0.25) is 5.02 Å². The second-order valence-electron chi connectivity index (χ2n) is 4.51. The van der Waals surface area contributed by atoms with Crippen LogP contribution in [0.15, 0.2) is 22.7 Å². The summed E-state index contributed by atoms with van der Waals surface area (Å²) in [4.78, 5) is 11.8. The molecule has 0 spiro atoms. The van der Waals surface area contributed by atoms with Crippen molar-refractivity contribution in [1.29, 1.82) is 0 Å². The van der Waals surface area contributed by atoms with Gasteiger partial charge in [0.05, 0.1) is 5.02 Å². The van der Waals surface area contributed by atoms with Crippen molar-refractivity contribution in [2.24, 2.45) is 0 Å². The predicted molar refractivity (Wildman–Crippen MR) is 78.0 cm³/mol. The number of hydrogen-bond acceptors (Lipinski definition) is 2. The van der Waals surface area contributed by atoms with Gasteiger partial charge in [0.1, 0.15) is 0 Å². The highest BCUT2D eigenvalue weighted by Gasteiger charge is 2.15. The van der Waals surface area contributed by atoms with E-state index in [-0.39, 0.29) is 5.91 Å². The van der Waals surface area contributed by atoms with Gasteiger partial charge in [-0.2, -0.15) is 0 Å². The Kier molecular flexibility index (Phi) is 5.03. The van der Waals surface area contributed by atoms with Gasteiger partial charge in [0.15, 0.2) is 0 Å². The molecule has 1 aromatic rings. The molecule has 1 aliphatic rings. The van der Waals surface area contributed by atoms with Crippen molar-refractivity contribution < 1.29 is 4.79 Å². The molecule has 1 atom stereocenters. The molecule has 18 heavy (non-hydrogen) atoms. The first kappa shape index (κ1) is 13.8. The van der Waals surface area contributed by atoms with Gasteiger partial charge in [0.25, 0.3) is 0 Å². The highest BCUT2D eigenvalue weighted by molar-refractivity contribution is 9.10. The van der Waals surface area contributed by atoms with Crippen LogP contribution in [-0.2, 0) is 4.79 Å². The second kappa shape index (κ2) is 6.55. The molecule has 1 aromatic carbocycles. The Bertz CT molecular complexity index is 433. The number of anilines is 1. The maximum absolute atomic E-state index is 11.8. The number of benzene rings is 1. The quantitative estimate of drug-likeness (QED) is 0.885. The molecule has 2 rings (SSSR count). The van der Waals surface area contributed by atoms with Gasteiger partial charge in [-0.15, -0.1) is 0 Å². The van der Waals surface area contributed by atoms with E-state index in [1.54, 1.807) is 12.1 Å². The standard InChI is InChI=1S/C13H16BrClN2O/c14-11-8-10(3-5-12(11)15)17-13(18)6-4-9-2-1-7-16-9/h3,5,8-9,16H,1-2,4,6-7H2,(H,17,18). The zero-order valence-corrected chi connectivity index (χ0v) is 12.4. The van der Waals surface area contributed by atoms with Crippen LogP contribution in [0.3, 0.4) is 0 Å². The number of carbonyl (C=O) groups is 1. The fraction of sp³-hybridized carbons (Fsp3) is 0.462. The fourth-order valence-corrected chi connectivity index (χ4v) is 2.60. The number of carbonyl (C=O) groups excluding carboxylic acids is 1. The van der Waals surface area contributed by atoms with Crippen molar-refractivity contribution in [2.75, 3.05) is 11.9 Å². The smallest absolute Gasteiger partial charge is 0.224 e. The van der Waals surface area contributed by atoms with Crippen LogP contribution in [0, 0.1) is 0 Å². The number of amides is 1. The van der Waals surface area contributed by atoms with Gasteiger partial charge in [-0.1, -0.05) is 11.6 Å². The van der Waals surface area contributed by atoms with Gasteiger partial charge >= 0.3 is 0 Å². The summed E-state index contributed by atoms with van der Waals surface area (Å²) in [5.41, 5.74) is 0.774. The monoisotopic (exact) mass is 330 g/mol. The van der Waals surface area contributed by atoms with E-state index in [0.29, 0.717) is 17.5 Å².